The molecule has 2 rings (SSSR count). The van der Waals surface area contributed by atoms with Gasteiger partial charge in [0.1, 0.15) is 11.5 Å². The van der Waals surface area contributed by atoms with Crippen molar-refractivity contribution in [3.8, 4) is 11.5 Å². The Morgan fingerprint density at radius 1 is 1.30 bits per heavy atom. The predicted octanol–water partition coefficient (Wildman–Crippen LogP) is 3.73. The molecule has 2 aromatic rings. The lowest BCUT2D eigenvalue weighted by Gasteiger charge is -2.23. The topological polar surface area (TPSA) is 59.0 Å². The zero-order chi connectivity index (χ0) is 18.9. The Hall–Kier alpha value is -1.55. The Morgan fingerprint density at radius 3 is 2.67 bits per heavy atom. The molecule has 0 aliphatic rings. The van der Waals surface area contributed by atoms with E-state index in [0.717, 1.165) is 41.0 Å². The van der Waals surface area contributed by atoms with Gasteiger partial charge in [-0.1, -0.05) is 0 Å². The Balaban J connectivity index is 0.00000364. The summed E-state index contributed by atoms with van der Waals surface area (Å²) in [6, 6.07) is 5.87. The van der Waals surface area contributed by atoms with E-state index in [0.29, 0.717) is 13.1 Å². The Labute approximate surface area is 183 Å². The molecule has 0 spiro atoms. The number of aliphatic imine (C=N–C) groups is 1. The minimum absolute atomic E-state index is 0. The van der Waals surface area contributed by atoms with Crippen LogP contribution in [0.5, 0.6) is 11.5 Å². The second kappa shape index (κ2) is 12.0. The van der Waals surface area contributed by atoms with Crippen LogP contribution in [-0.2, 0) is 13.0 Å². The van der Waals surface area contributed by atoms with Gasteiger partial charge >= 0.3 is 0 Å². The third-order valence-corrected chi connectivity index (χ3v) is 4.83. The first kappa shape index (κ1) is 23.5. The number of rotatable bonds is 8. The number of halogens is 1. The monoisotopic (exact) mass is 504 g/mol. The molecule has 0 unspecified atom stereocenters. The second-order valence-corrected chi connectivity index (χ2v) is 7.20. The van der Waals surface area contributed by atoms with Crippen LogP contribution in [0, 0.1) is 6.92 Å². The third-order valence-electron chi connectivity index (χ3n) is 3.85. The first-order chi connectivity index (χ1) is 12.6. The zero-order valence-electron chi connectivity index (χ0n) is 16.6. The Kier molecular flexibility index (Phi) is 10.5. The molecule has 0 amide bonds. The number of methoxy groups -OCH3 is 2. The molecule has 0 bridgehead atoms. The highest BCUT2D eigenvalue weighted by atomic mass is 127. The maximum absolute atomic E-state index is 5.50. The molecule has 0 radical (unpaired) electrons. The highest BCUT2D eigenvalue weighted by Gasteiger charge is 2.11. The third kappa shape index (κ3) is 7.17. The molecule has 1 aromatic heterocycles. The maximum Gasteiger partial charge on any atom is 0.193 e. The van der Waals surface area contributed by atoms with Crippen molar-refractivity contribution in [1.82, 2.24) is 15.2 Å². The Morgan fingerprint density at radius 2 is 2.07 bits per heavy atom. The molecule has 0 saturated heterocycles. The summed E-state index contributed by atoms with van der Waals surface area (Å²) >= 11 is 1.73. The van der Waals surface area contributed by atoms with Crippen molar-refractivity contribution in [1.29, 1.82) is 0 Å². The summed E-state index contributed by atoms with van der Waals surface area (Å²) in [5.74, 6) is 2.47. The van der Waals surface area contributed by atoms with Gasteiger partial charge in [-0.2, -0.15) is 0 Å². The Bertz CT molecular complexity index is 736. The molecule has 6 nitrogen and oxygen atoms in total. The van der Waals surface area contributed by atoms with Gasteiger partial charge in [-0.25, -0.2) is 4.98 Å². The van der Waals surface area contributed by atoms with E-state index in [-0.39, 0.29) is 24.0 Å². The van der Waals surface area contributed by atoms with E-state index in [4.69, 9.17) is 14.5 Å². The highest BCUT2D eigenvalue weighted by molar-refractivity contribution is 14.0. The number of hydrogen-bond donors (Lipinski definition) is 1. The van der Waals surface area contributed by atoms with E-state index in [1.54, 1.807) is 25.6 Å². The molecule has 1 N–H and O–H groups in total. The molecule has 8 heteroatoms. The summed E-state index contributed by atoms with van der Waals surface area (Å²) in [7, 11) is 5.35. The van der Waals surface area contributed by atoms with Gasteiger partial charge in [0.25, 0.3) is 0 Å². The molecular formula is C19H29IN4O2S. The number of ether oxygens (including phenoxy) is 2. The standard InChI is InChI=1S/C19H28N4O2S.HI/c1-6-20-19(21-10-9-18-22-12-14(2)26-18)23(3)13-15-7-8-16(24-4)11-17(15)25-5;/h7-8,11-12H,6,9-10,13H2,1-5H3,(H,20,21);1H. The van der Waals surface area contributed by atoms with Crippen molar-refractivity contribution in [2.75, 3.05) is 34.4 Å². The van der Waals surface area contributed by atoms with Gasteiger partial charge in [-0.05, 0) is 26.0 Å². The molecule has 27 heavy (non-hydrogen) atoms. The summed E-state index contributed by atoms with van der Waals surface area (Å²) in [5.41, 5.74) is 1.08. The lowest BCUT2D eigenvalue weighted by Crippen LogP contribution is -2.38. The molecule has 1 heterocycles. The van der Waals surface area contributed by atoms with E-state index in [2.05, 4.69) is 29.0 Å². The van der Waals surface area contributed by atoms with Gasteiger partial charge in [0.15, 0.2) is 5.96 Å². The fourth-order valence-electron chi connectivity index (χ4n) is 2.56. The minimum Gasteiger partial charge on any atom is -0.497 e. The van der Waals surface area contributed by atoms with E-state index < -0.39 is 0 Å². The smallest absolute Gasteiger partial charge is 0.193 e. The van der Waals surface area contributed by atoms with Crippen molar-refractivity contribution >= 4 is 41.3 Å². The van der Waals surface area contributed by atoms with Gasteiger partial charge in [-0.3, -0.25) is 4.99 Å². The molecule has 0 fully saturated rings. The molecule has 0 atom stereocenters. The van der Waals surface area contributed by atoms with Crippen molar-refractivity contribution in [2.45, 2.75) is 26.8 Å². The van der Waals surface area contributed by atoms with Crippen LogP contribution in [0.2, 0.25) is 0 Å². The van der Waals surface area contributed by atoms with E-state index in [1.807, 2.05) is 31.4 Å². The van der Waals surface area contributed by atoms with Crippen LogP contribution in [0.1, 0.15) is 22.4 Å². The van der Waals surface area contributed by atoms with Crippen molar-refractivity contribution in [2.24, 2.45) is 4.99 Å². The van der Waals surface area contributed by atoms with Crippen LogP contribution in [0.4, 0.5) is 0 Å². The van der Waals surface area contributed by atoms with Gasteiger partial charge in [0.05, 0.1) is 19.2 Å². The molecule has 0 aliphatic heterocycles. The summed E-state index contributed by atoms with van der Waals surface area (Å²) in [5, 5.41) is 4.47. The largest absolute Gasteiger partial charge is 0.497 e. The summed E-state index contributed by atoms with van der Waals surface area (Å²) < 4.78 is 10.8. The lowest BCUT2D eigenvalue weighted by atomic mass is 10.2. The quantitative estimate of drug-likeness (QED) is 0.338. The molecule has 150 valence electrons. The number of aromatic nitrogens is 1. The zero-order valence-corrected chi connectivity index (χ0v) is 19.8. The van der Waals surface area contributed by atoms with Crippen LogP contribution < -0.4 is 14.8 Å². The van der Waals surface area contributed by atoms with Gasteiger partial charge < -0.3 is 19.7 Å². The maximum atomic E-state index is 5.50. The molecule has 0 saturated carbocycles. The average molecular weight is 504 g/mol. The second-order valence-electron chi connectivity index (χ2n) is 5.88. The summed E-state index contributed by atoms with van der Waals surface area (Å²) in [6.45, 7) is 6.36. The first-order valence-corrected chi connectivity index (χ1v) is 9.50. The van der Waals surface area contributed by atoms with Gasteiger partial charge in [0.2, 0.25) is 0 Å². The molecule has 1 aromatic carbocycles. The van der Waals surface area contributed by atoms with Gasteiger partial charge in [0, 0.05) is 55.8 Å². The van der Waals surface area contributed by atoms with Crippen LogP contribution >= 0.6 is 35.3 Å². The number of benzene rings is 1. The first-order valence-electron chi connectivity index (χ1n) is 8.69. The van der Waals surface area contributed by atoms with E-state index in [1.165, 1.54) is 4.88 Å². The molecule has 0 aliphatic carbocycles. The molecular weight excluding hydrogens is 475 g/mol. The van der Waals surface area contributed by atoms with Crippen LogP contribution in [-0.4, -0.2) is 50.2 Å². The average Bonchev–Trinajstić information content (AvgIpc) is 3.06. The van der Waals surface area contributed by atoms with Crippen molar-refractivity contribution < 1.29 is 9.47 Å². The fourth-order valence-corrected chi connectivity index (χ4v) is 3.33. The number of nitrogens with one attached hydrogen (secondary N) is 1. The van der Waals surface area contributed by atoms with Crippen LogP contribution in [0.15, 0.2) is 29.4 Å². The summed E-state index contributed by atoms with van der Waals surface area (Å²) in [6.07, 6.45) is 2.77. The number of thiazole rings is 1. The predicted molar refractivity (Wildman–Crippen MR) is 123 cm³/mol. The SMILES string of the molecule is CCNC(=NCCc1ncc(C)s1)N(C)Cc1ccc(OC)cc1OC.I. The van der Waals surface area contributed by atoms with E-state index in [9.17, 15) is 0 Å². The number of aryl methyl sites for hydroxylation is 1. The number of guanidine groups is 1. The van der Waals surface area contributed by atoms with Crippen molar-refractivity contribution in [3.63, 3.8) is 0 Å². The van der Waals surface area contributed by atoms with E-state index >= 15 is 0 Å². The fraction of sp³-hybridized carbons (Fsp3) is 0.474. The van der Waals surface area contributed by atoms with Crippen LogP contribution in [0.25, 0.3) is 0 Å². The lowest BCUT2D eigenvalue weighted by molar-refractivity contribution is 0.382. The number of nitrogens with zero attached hydrogens (tertiary/aromatic N) is 3. The number of hydrogen-bond acceptors (Lipinski definition) is 5. The van der Waals surface area contributed by atoms with Crippen LogP contribution in [0.3, 0.4) is 0 Å². The van der Waals surface area contributed by atoms with Crippen molar-refractivity contribution in [3.05, 3.63) is 39.8 Å². The minimum atomic E-state index is 0. The highest BCUT2D eigenvalue weighted by Crippen LogP contribution is 2.25. The summed E-state index contributed by atoms with van der Waals surface area (Å²) in [4.78, 5) is 12.5. The normalized spacial score (nSPS) is 10.9. The van der Waals surface area contributed by atoms with Gasteiger partial charge in [-0.15, -0.1) is 35.3 Å².